The number of nitro groups is 1. The highest BCUT2D eigenvalue weighted by molar-refractivity contribution is 9.10. The molecule has 36 heavy (non-hydrogen) atoms. The van der Waals surface area contributed by atoms with Crippen molar-refractivity contribution in [3.8, 4) is 5.69 Å². The number of hydrogen-bond donors (Lipinski definition) is 0. The van der Waals surface area contributed by atoms with Crippen LogP contribution < -0.4 is 4.90 Å². The van der Waals surface area contributed by atoms with E-state index >= 15 is 0 Å². The lowest BCUT2D eigenvalue weighted by Crippen LogP contribution is -2.34. The summed E-state index contributed by atoms with van der Waals surface area (Å²) >= 11 is 3.42. The van der Waals surface area contributed by atoms with Crippen LogP contribution in [-0.4, -0.2) is 40.9 Å². The van der Waals surface area contributed by atoms with Crippen LogP contribution in [0.15, 0.2) is 53.0 Å². The molecule has 0 unspecified atom stereocenters. The summed E-state index contributed by atoms with van der Waals surface area (Å²) in [6.45, 7) is 6.88. The van der Waals surface area contributed by atoms with Crippen LogP contribution in [-0.2, 0) is 4.74 Å². The van der Waals surface area contributed by atoms with E-state index in [0.717, 1.165) is 47.5 Å². The molecule has 4 rings (SSSR count). The van der Waals surface area contributed by atoms with Crippen LogP contribution in [0, 0.1) is 29.9 Å². The quantitative estimate of drug-likeness (QED) is 0.153. The molecular formula is C27H28BrN3O5. The zero-order chi connectivity index (χ0) is 26.0. The second kappa shape index (κ2) is 10.7. The molecule has 2 aromatic carbocycles. The van der Waals surface area contributed by atoms with Crippen LogP contribution in [0.3, 0.4) is 0 Å². The molecule has 188 valence electrons. The third-order valence-electron chi connectivity index (χ3n) is 6.56. The van der Waals surface area contributed by atoms with Gasteiger partial charge in [-0.25, -0.2) is 4.79 Å². The van der Waals surface area contributed by atoms with E-state index in [1.165, 1.54) is 12.1 Å². The summed E-state index contributed by atoms with van der Waals surface area (Å²) in [6.07, 6.45) is 2.06. The molecule has 0 radical (unpaired) electrons. The predicted octanol–water partition coefficient (Wildman–Crippen LogP) is 6.04. The first-order chi connectivity index (χ1) is 17.2. The monoisotopic (exact) mass is 553 g/mol. The summed E-state index contributed by atoms with van der Waals surface area (Å²) in [5, 5.41) is 11.7. The Morgan fingerprint density at radius 3 is 2.53 bits per heavy atom. The third-order valence-corrected chi connectivity index (χ3v) is 7.08. The van der Waals surface area contributed by atoms with Gasteiger partial charge in [-0.2, -0.15) is 0 Å². The SMILES string of the molecule is Cc1cc(C(=O)COC(=O)c2ccc(N3CCC[C@H](C)C3)c([N+](=O)[O-])c2)c(C)n1-c1ccc(Br)cc1. The number of halogens is 1. The second-order valence-corrected chi connectivity index (χ2v) is 10.2. The molecule has 1 atom stereocenters. The Labute approximate surface area is 218 Å². The highest BCUT2D eigenvalue weighted by Gasteiger charge is 2.26. The van der Waals surface area contributed by atoms with E-state index in [2.05, 4.69) is 22.9 Å². The number of hydrogen-bond acceptors (Lipinski definition) is 6. The van der Waals surface area contributed by atoms with Crippen molar-refractivity contribution in [2.45, 2.75) is 33.6 Å². The van der Waals surface area contributed by atoms with Crippen LogP contribution in [0.2, 0.25) is 0 Å². The zero-order valence-corrected chi connectivity index (χ0v) is 22.1. The number of anilines is 1. The molecule has 3 aromatic rings. The molecule has 1 aromatic heterocycles. The number of carbonyl (C=O) groups excluding carboxylic acids is 2. The smallest absolute Gasteiger partial charge is 0.338 e. The van der Waals surface area contributed by atoms with E-state index in [1.54, 1.807) is 12.1 Å². The van der Waals surface area contributed by atoms with Gasteiger partial charge in [0.25, 0.3) is 5.69 Å². The number of ether oxygens (including phenoxy) is 1. The Kier molecular flexibility index (Phi) is 7.59. The normalized spacial score (nSPS) is 15.6. The number of benzene rings is 2. The van der Waals surface area contributed by atoms with Crippen molar-refractivity contribution in [2.24, 2.45) is 5.92 Å². The molecule has 0 bridgehead atoms. The van der Waals surface area contributed by atoms with Crippen molar-refractivity contribution in [3.63, 3.8) is 0 Å². The standard InChI is InChI=1S/C27H28BrN3O5/c1-17-5-4-12-29(15-17)24-11-6-20(14-25(24)31(34)35)27(33)36-16-26(32)23-13-18(2)30(19(23)3)22-9-7-21(28)8-10-22/h6-11,13-14,17H,4-5,12,15-16H2,1-3H3/t17-/m0/s1. The lowest BCUT2D eigenvalue weighted by atomic mass is 9.99. The van der Waals surface area contributed by atoms with Gasteiger partial charge in [0.2, 0.25) is 5.78 Å². The summed E-state index contributed by atoms with van der Waals surface area (Å²) in [5.41, 5.74) is 3.41. The van der Waals surface area contributed by atoms with Crippen molar-refractivity contribution < 1.29 is 19.2 Å². The highest BCUT2D eigenvalue weighted by atomic mass is 79.9. The van der Waals surface area contributed by atoms with Gasteiger partial charge in [-0.1, -0.05) is 22.9 Å². The summed E-state index contributed by atoms with van der Waals surface area (Å²) in [7, 11) is 0. The van der Waals surface area contributed by atoms with E-state index in [1.807, 2.05) is 47.6 Å². The maximum Gasteiger partial charge on any atom is 0.338 e. The summed E-state index contributed by atoms with van der Waals surface area (Å²) < 4.78 is 8.18. The van der Waals surface area contributed by atoms with Gasteiger partial charge in [0.1, 0.15) is 5.69 Å². The number of nitro benzene ring substituents is 1. The maximum atomic E-state index is 12.9. The number of nitrogens with zero attached hydrogens (tertiary/aromatic N) is 3. The number of piperidine rings is 1. The summed E-state index contributed by atoms with van der Waals surface area (Å²) in [5.74, 6) is -0.667. The van der Waals surface area contributed by atoms with Crippen LogP contribution in [0.4, 0.5) is 11.4 Å². The fraction of sp³-hybridized carbons (Fsp3) is 0.333. The van der Waals surface area contributed by atoms with Crippen molar-refractivity contribution in [3.05, 3.63) is 85.6 Å². The first-order valence-electron chi connectivity index (χ1n) is 11.8. The number of aryl methyl sites for hydroxylation is 1. The molecule has 9 heteroatoms. The van der Waals surface area contributed by atoms with E-state index < -0.39 is 17.5 Å². The Morgan fingerprint density at radius 2 is 1.86 bits per heavy atom. The van der Waals surface area contributed by atoms with E-state index in [4.69, 9.17) is 4.74 Å². The van der Waals surface area contributed by atoms with E-state index in [0.29, 0.717) is 17.2 Å². The Bertz CT molecular complexity index is 1320. The average molecular weight is 554 g/mol. The van der Waals surface area contributed by atoms with Gasteiger partial charge in [-0.05, 0) is 75.1 Å². The minimum Gasteiger partial charge on any atom is -0.454 e. The lowest BCUT2D eigenvalue weighted by Gasteiger charge is -2.32. The fourth-order valence-electron chi connectivity index (χ4n) is 4.80. The fourth-order valence-corrected chi connectivity index (χ4v) is 5.06. The van der Waals surface area contributed by atoms with Crippen LogP contribution >= 0.6 is 15.9 Å². The summed E-state index contributed by atoms with van der Waals surface area (Å²) in [4.78, 5) is 38.9. The van der Waals surface area contributed by atoms with Gasteiger partial charge in [0.15, 0.2) is 6.61 Å². The first kappa shape index (κ1) is 25.6. The van der Waals surface area contributed by atoms with Crippen LogP contribution in [0.25, 0.3) is 5.69 Å². The summed E-state index contributed by atoms with van der Waals surface area (Å²) in [6, 6.07) is 13.9. The Hall–Kier alpha value is -3.46. The number of Topliss-reactive ketones (excluding diaryl/α,β-unsaturated/α-hetero) is 1. The van der Waals surface area contributed by atoms with Crippen LogP contribution in [0.5, 0.6) is 0 Å². The molecule has 1 aliphatic rings. The lowest BCUT2D eigenvalue weighted by molar-refractivity contribution is -0.384. The Balaban J connectivity index is 1.48. The van der Waals surface area contributed by atoms with Crippen LogP contribution in [0.1, 0.15) is 51.9 Å². The van der Waals surface area contributed by atoms with E-state index in [9.17, 15) is 19.7 Å². The molecule has 1 saturated heterocycles. The molecule has 1 aliphatic heterocycles. The molecule has 0 saturated carbocycles. The largest absolute Gasteiger partial charge is 0.454 e. The van der Waals surface area contributed by atoms with Gasteiger partial charge >= 0.3 is 5.97 Å². The predicted molar refractivity (Wildman–Crippen MR) is 141 cm³/mol. The van der Waals surface area contributed by atoms with Crippen molar-refractivity contribution >= 4 is 39.1 Å². The molecule has 1 fully saturated rings. The van der Waals surface area contributed by atoms with Crippen molar-refractivity contribution in [2.75, 3.05) is 24.6 Å². The second-order valence-electron chi connectivity index (χ2n) is 9.25. The Morgan fingerprint density at radius 1 is 1.14 bits per heavy atom. The number of carbonyl (C=O) groups is 2. The number of ketones is 1. The van der Waals surface area contributed by atoms with Gasteiger partial charge in [0, 0.05) is 46.3 Å². The van der Waals surface area contributed by atoms with Gasteiger partial charge in [-0.15, -0.1) is 0 Å². The topological polar surface area (TPSA) is 94.7 Å². The molecule has 0 amide bonds. The minimum atomic E-state index is -0.772. The van der Waals surface area contributed by atoms with E-state index in [-0.39, 0.29) is 17.0 Å². The number of esters is 1. The molecule has 0 spiro atoms. The first-order valence-corrected chi connectivity index (χ1v) is 12.6. The molecule has 0 N–H and O–H groups in total. The van der Waals surface area contributed by atoms with Gasteiger partial charge in [0.05, 0.1) is 10.5 Å². The third kappa shape index (κ3) is 5.36. The molecule has 8 nitrogen and oxygen atoms in total. The number of aromatic nitrogens is 1. The number of rotatable bonds is 7. The van der Waals surface area contributed by atoms with Crippen molar-refractivity contribution in [1.82, 2.24) is 4.57 Å². The van der Waals surface area contributed by atoms with Gasteiger partial charge < -0.3 is 14.2 Å². The zero-order valence-electron chi connectivity index (χ0n) is 20.5. The average Bonchev–Trinajstić information content (AvgIpc) is 3.16. The van der Waals surface area contributed by atoms with Crippen molar-refractivity contribution in [1.29, 1.82) is 0 Å². The minimum absolute atomic E-state index is 0.0450. The molecule has 2 heterocycles. The highest BCUT2D eigenvalue weighted by Crippen LogP contribution is 2.32. The van der Waals surface area contributed by atoms with Gasteiger partial charge in [-0.3, -0.25) is 14.9 Å². The molecule has 0 aliphatic carbocycles. The maximum absolute atomic E-state index is 12.9. The molecular weight excluding hydrogens is 526 g/mol.